The number of para-hydroxylation sites is 1. The molecule has 2 fully saturated rings. The number of nitro benzene ring substituents is 1. The molecule has 0 bridgehead atoms. The van der Waals surface area contributed by atoms with Gasteiger partial charge in [-0.2, -0.15) is 4.31 Å². The zero-order valence-electron chi connectivity index (χ0n) is 18.8. The minimum absolute atomic E-state index is 0.0307. The Labute approximate surface area is 198 Å². The number of carbonyl (C=O) groups is 2. The predicted molar refractivity (Wildman–Crippen MR) is 125 cm³/mol. The van der Waals surface area contributed by atoms with Crippen molar-refractivity contribution in [1.82, 2.24) is 9.21 Å². The summed E-state index contributed by atoms with van der Waals surface area (Å²) in [5, 5.41) is 11.3. The lowest BCUT2D eigenvalue weighted by molar-refractivity contribution is -0.387. The van der Waals surface area contributed by atoms with Crippen molar-refractivity contribution in [3.63, 3.8) is 0 Å². The first-order chi connectivity index (χ1) is 16.2. The average Bonchev–Trinajstić information content (AvgIpc) is 3.25. The molecule has 11 heteroatoms. The number of piperazine rings is 1. The Morgan fingerprint density at radius 3 is 2.32 bits per heavy atom. The maximum Gasteiger partial charge on any atom is 0.289 e. The Balaban J connectivity index is 1.40. The summed E-state index contributed by atoms with van der Waals surface area (Å²) in [7, 11) is -4.07. The highest BCUT2D eigenvalue weighted by Crippen LogP contribution is 2.29. The van der Waals surface area contributed by atoms with E-state index in [2.05, 4.69) is 6.92 Å². The number of sulfonamides is 1. The van der Waals surface area contributed by atoms with Crippen molar-refractivity contribution in [3.8, 4) is 0 Å². The van der Waals surface area contributed by atoms with Gasteiger partial charge in [0.2, 0.25) is 21.8 Å². The van der Waals surface area contributed by atoms with Crippen LogP contribution in [0.4, 0.5) is 11.4 Å². The first-order valence-electron chi connectivity index (χ1n) is 11.1. The Morgan fingerprint density at radius 1 is 1.06 bits per heavy atom. The molecule has 2 aromatic carbocycles. The van der Waals surface area contributed by atoms with Crippen molar-refractivity contribution in [1.29, 1.82) is 0 Å². The number of rotatable bonds is 6. The maximum absolute atomic E-state index is 13.1. The molecule has 2 aromatic rings. The van der Waals surface area contributed by atoms with Gasteiger partial charge in [-0.3, -0.25) is 19.7 Å². The second-order valence-electron chi connectivity index (χ2n) is 8.38. The van der Waals surface area contributed by atoms with E-state index in [9.17, 15) is 28.1 Å². The molecule has 34 heavy (non-hydrogen) atoms. The Hall–Kier alpha value is -3.31. The number of hydrogen-bond acceptors (Lipinski definition) is 6. The molecule has 1 unspecified atom stereocenters. The molecule has 2 aliphatic rings. The fourth-order valence-corrected chi connectivity index (χ4v) is 5.99. The van der Waals surface area contributed by atoms with E-state index in [4.69, 9.17) is 0 Å². The monoisotopic (exact) mass is 486 g/mol. The molecule has 0 N–H and O–H groups in total. The van der Waals surface area contributed by atoms with Gasteiger partial charge in [0, 0.05) is 50.9 Å². The summed E-state index contributed by atoms with van der Waals surface area (Å²) in [5.41, 5.74) is 1.45. The van der Waals surface area contributed by atoms with Crippen LogP contribution < -0.4 is 4.90 Å². The van der Waals surface area contributed by atoms with E-state index >= 15 is 0 Å². The third-order valence-corrected chi connectivity index (χ3v) is 8.31. The summed E-state index contributed by atoms with van der Waals surface area (Å²) in [6, 6.07) is 12.9. The lowest BCUT2D eigenvalue weighted by Crippen LogP contribution is -2.52. The van der Waals surface area contributed by atoms with Crippen molar-refractivity contribution < 1.29 is 22.9 Å². The van der Waals surface area contributed by atoms with E-state index in [1.54, 1.807) is 9.80 Å². The standard InChI is InChI=1S/C23H26N4O6S/c1-2-17-7-9-19(10-8-17)26-16-18(15-22(26)28)23(29)24-11-13-25(14-12-24)34(32,33)21-6-4-3-5-20(21)27(30)31/h3-10,18H,2,11-16H2,1H3. The van der Waals surface area contributed by atoms with Crippen molar-refractivity contribution in [3.05, 3.63) is 64.2 Å². The molecule has 0 spiro atoms. The largest absolute Gasteiger partial charge is 0.340 e. The van der Waals surface area contributed by atoms with Gasteiger partial charge in [-0.25, -0.2) is 8.42 Å². The van der Waals surface area contributed by atoms with E-state index < -0.39 is 26.6 Å². The number of amides is 2. The molecule has 10 nitrogen and oxygen atoms in total. The van der Waals surface area contributed by atoms with Crippen LogP contribution in [0.2, 0.25) is 0 Å². The van der Waals surface area contributed by atoms with Crippen LogP contribution in [0.5, 0.6) is 0 Å². The molecule has 0 radical (unpaired) electrons. The van der Waals surface area contributed by atoms with Crippen LogP contribution in [0.1, 0.15) is 18.9 Å². The molecule has 2 heterocycles. The second-order valence-corrected chi connectivity index (χ2v) is 10.3. The van der Waals surface area contributed by atoms with Crippen LogP contribution in [-0.4, -0.2) is 67.1 Å². The van der Waals surface area contributed by atoms with Crippen LogP contribution in [0.3, 0.4) is 0 Å². The minimum Gasteiger partial charge on any atom is -0.340 e. The number of carbonyl (C=O) groups excluding carboxylic acids is 2. The normalized spacial score (nSPS) is 19.4. The summed E-state index contributed by atoms with van der Waals surface area (Å²) >= 11 is 0. The molecule has 0 aliphatic carbocycles. The molecule has 0 saturated carbocycles. The first kappa shape index (κ1) is 23.8. The molecule has 2 amide bonds. The van der Waals surface area contributed by atoms with Gasteiger partial charge in [0.25, 0.3) is 5.69 Å². The number of nitrogens with zero attached hydrogens (tertiary/aromatic N) is 4. The quantitative estimate of drug-likeness (QED) is 0.455. The van der Waals surface area contributed by atoms with E-state index in [1.807, 2.05) is 24.3 Å². The van der Waals surface area contributed by atoms with Gasteiger partial charge >= 0.3 is 0 Å². The molecular weight excluding hydrogens is 460 g/mol. The maximum atomic E-state index is 13.1. The Kier molecular flexibility index (Phi) is 6.67. The third-order valence-electron chi connectivity index (χ3n) is 6.36. The molecule has 2 saturated heterocycles. The number of aryl methyl sites for hydroxylation is 1. The fraction of sp³-hybridized carbons (Fsp3) is 0.391. The van der Waals surface area contributed by atoms with E-state index in [1.165, 1.54) is 22.5 Å². The van der Waals surface area contributed by atoms with Crippen molar-refractivity contribution in [2.75, 3.05) is 37.6 Å². The SMILES string of the molecule is CCc1ccc(N2CC(C(=O)N3CCN(S(=O)(=O)c4ccccc4[N+](=O)[O-])CC3)CC2=O)cc1. The Bertz CT molecular complexity index is 1210. The third kappa shape index (κ3) is 4.53. The zero-order chi connectivity index (χ0) is 24.5. The van der Waals surface area contributed by atoms with Gasteiger partial charge < -0.3 is 9.80 Å². The highest BCUT2D eigenvalue weighted by Gasteiger charge is 2.40. The summed E-state index contributed by atoms with van der Waals surface area (Å²) in [5.74, 6) is -0.777. The molecule has 2 aliphatic heterocycles. The summed E-state index contributed by atoms with van der Waals surface area (Å²) in [6.07, 6.45) is 1.01. The molecule has 1 atom stereocenters. The average molecular weight is 487 g/mol. The van der Waals surface area contributed by atoms with Crippen molar-refractivity contribution >= 4 is 33.2 Å². The minimum atomic E-state index is -4.07. The van der Waals surface area contributed by atoms with Gasteiger partial charge in [-0.05, 0) is 30.2 Å². The zero-order valence-corrected chi connectivity index (χ0v) is 19.6. The number of benzene rings is 2. The second kappa shape index (κ2) is 9.51. The number of nitro groups is 1. The lowest BCUT2D eigenvalue weighted by Gasteiger charge is -2.35. The van der Waals surface area contributed by atoms with Crippen LogP contribution in [0, 0.1) is 16.0 Å². The highest BCUT2D eigenvalue weighted by atomic mass is 32.2. The van der Waals surface area contributed by atoms with Gasteiger partial charge in [0.1, 0.15) is 0 Å². The van der Waals surface area contributed by atoms with E-state index in [0.29, 0.717) is 0 Å². The van der Waals surface area contributed by atoms with Gasteiger partial charge in [0.05, 0.1) is 10.8 Å². The van der Waals surface area contributed by atoms with Crippen LogP contribution in [0.25, 0.3) is 0 Å². The van der Waals surface area contributed by atoms with Gasteiger partial charge in [0.15, 0.2) is 4.90 Å². The smallest absolute Gasteiger partial charge is 0.289 e. The molecule has 0 aromatic heterocycles. The van der Waals surface area contributed by atoms with Crippen LogP contribution >= 0.6 is 0 Å². The Morgan fingerprint density at radius 2 is 1.71 bits per heavy atom. The summed E-state index contributed by atoms with van der Waals surface area (Å²) in [4.78, 5) is 39.0. The first-order valence-corrected chi connectivity index (χ1v) is 12.6. The molecule has 4 rings (SSSR count). The van der Waals surface area contributed by atoms with E-state index in [-0.39, 0.29) is 55.9 Å². The van der Waals surface area contributed by atoms with E-state index in [0.717, 1.165) is 23.7 Å². The number of hydrogen-bond donors (Lipinski definition) is 0. The summed E-state index contributed by atoms with van der Waals surface area (Å²) in [6.45, 7) is 2.73. The van der Waals surface area contributed by atoms with Crippen LogP contribution in [0.15, 0.2) is 53.4 Å². The van der Waals surface area contributed by atoms with Gasteiger partial charge in [-0.15, -0.1) is 0 Å². The summed E-state index contributed by atoms with van der Waals surface area (Å²) < 4.78 is 27.2. The lowest BCUT2D eigenvalue weighted by atomic mass is 10.1. The highest BCUT2D eigenvalue weighted by molar-refractivity contribution is 7.89. The van der Waals surface area contributed by atoms with Gasteiger partial charge in [-0.1, -0.05) is 31.2 Å². The molecule has 180 valence electrons. The van der Waals surface area contributed by atoms with Crippen molar-refractivity contribution in [2.24, 2.45) is 5.92 Å². The topological polar surface area (TPSA) is 121 Å². The van der Waals surface area contributed by atoms with Crippen LogP contribution in [-0.2, 0) is 26.0 Å². The molecular formula is C23H26N4O6S. The van der Waals surface area contributed by atoms with Crippen molar-refractivity contribution in [2.45, 2.75) is 24.7 Å². The number of anilines is 1. The predicted octanol–water partition coefficient (Wildman–Crippen LogP) is 2.04. The fourth-order valence-electron chi connectivity index (χ4n) is 4.41.